The van der Waals surface area contributed by atoms with Crippen LogP contribution in [0.15, 0.2) is 52.1 Å². The van der Waals surface area contributed by atoms with Gasteiger partial charge in [0.1, 0.15) is 11.5 Å². The zero-order chi connectivity index (χ0) is 21.8. The Bertz CT molecular complexity index is 960. The predicted molar refractivity (Wildman–Crippen MR) is 112 cm³/mol. The second-order valence-electron chi connectivity index (χ2n) is 7.72. The van der Waals surface area contributed by atoms with Gasteiger partial charge in [0.2, 0.25) is 5.78 Å². The number of ether oxygens (including phenoxy) is 1. The lowest BCUT2D eigenvalue weighted by Gasteiger charge is -2.27. The number of Topliss-reactive ketones (excluding diaryl/α,β-unsaturated/α-hetero) is 1. The molecule has 1 aromatic carbocycles. The number of hydrogen-bond donors (Lipinski definition) is 2. The number of carbonyl (C=O) groups is 2. The molecular formula is C23H29N2O5+. The van der Waals surface area contributed by atoms with E-state index in [1.165, 1.54) is 4.90 Å². The van der Waals surface area contributed by atoms with Gasteiger partial charge in [-0.05, 0) is 43.7 Å². The molecule has 0 bridgehead atoms. The van der Waals surface area contributed by atoms with Crippen LogP contribution in [0.25, 0.3) is 0 Å². The number of hydrogen-bond acceptors (Lipinski definition) is 5. The van der Waals surface area contributed by atoms with Crippen molar-refractivity contribution < 1.29 is 28.7 Å². The molecule has 0 radical (unpaired) electrons. The normalized spacial score (nSPS) is 16.6. The van der Waals surface area contributed by atoms with Gasteiger partial charge in [0, 0.05) is 13.0 Å². The molecule has 7 nitrogen and oxygen atoms in total. The quantitative estimate of drug-likeness (QED) is 0.615. The third-order valence-corrected chi connectivity index (χ3v) is 5.07. The number of aryl methyl sites for hydroxylation is 1. The summed E-state index contributed by atoms with van der Waals surface area (Å²) >= 11 is 0. The zero-order valence-electron chi connectivity index (χ0n) is 17.9. The first kappa shape index (κ1) is 21.6. The van der Waals surface area contributed by atoms with Crippen LogP contribution < -0.4 is 9.64 Å². The van der Waals surface area contributed by atoms with Gasteiger partial charge in [-0.1, -0.05) is 12.1 Å². The van der Waals surface area contributed by atoms with Gasteiger partial charge in [-0.15, -0.1) is 0 Å². The number of amides is 1. The molecule has 1 aliphatic rings. The Morgan fingerprint density at radius 2 is 2.03 bits per heavy atom. The van der Waals surface area contributed by atoms with E-state index < -0.39 is 23.5 Å². The lowest BCUT2D eigenvalue weighted by atomic mass is 9.95. The smallest absolute Gasteiger partial charge is 0.290 e. The van der Waals surface area contributed by atoms with Gasteiger partial charge >= 0.3 is 0 Å². The molecule has 0 unspecified atom stereocenters. The minimum absolute atomic E-state index is 0.0419. The topological polar surface area (TPSA) is 84.4 Å². The molecule has 1 amide bonds. The van der Waals surface area contributed by atoms with Crippen molar-refractivity contribution in [3.05, 3.63) is 64.8 Å². The first-order chi connectivity index (χ1) is 14.3. The zero-order valence-corrected chi connectivity index (χ0v) is 17.9. The van der Waals surface area contributed by atoms with E-state index in [2.05, 4.69) is 0 Å². The number of nitrogens with zero attached hydrogens (tertiary/aromatic N) is 1. The van der Waals surface area contributed by atoms with Crippen molar-refractivity contribution in [1.29, 1.82) is 0 Å². The average Bonchev–Trinajstić information content (AvgIpc) is 3.24. The Labute approximate surface area is 176 Å². The molecular weight excluding hydrogens is 384 g/mol. The van der Waals surface area contributed by atoms with Crippen molar-refractivity contribution in [2.45, 2.75) is 26.3 Å². The van der Waals surface area contributed by atoms with Gasteiger partial charge in [-0.3, -0.25) is 9.59 Å². The van der Waals surface area contributed by atoms with Crippen LogP contribution in [0.4, 0.5) is 0 Å². The summed E-state index contributed by atoms with van der Waals surface area (Å²) in [7, 11) is 4.08. The van der Waals surface area contributed by atoms with Gasteiger partial charge in [-0.25, -0.2) is 0 Å². The van der Waals surface area contributed by atoms with Crippen LogP contribution in [0.2, 0.25) is 0 Å². The van der Waals surface area contributed by atoms with E-state index in [-0.39, 0.29) is 11.3 Å². The Morgan fingerprint density at radius 3 is 2.67 bits per heavy atom. The highest BCUT2D eigenvalue weighted by molar-refractivity contribution is 6.15. The minimum Gasteiger partial charge on any atom is -0.503 e. The number of ketones is 1. The third kappa shape index (κ3) is 4.41. The van der Waals surface area contributed by atoms with Gasteiger partial charge < -0.3 is 24.1 Å². The summed E-state index contributed by atoms with van der Waals surface area (Å²) in [6.07, 6.45) is 0.740. The summed E-state index contributed by atoms with van der Waals surface area (Å²) in [6, 6.07) is 9.84. The number of nitrogens with one attached hydrogen (secondary N) is 1. The fourth-order valence-corrected chi connectivity index (χ4v) is 3.70. The Hall–Kier alpha value is -3.06. The molecule has 0 saturated heterocycles. The molecule has 1 atom stereocenters. The van der Waals surface area contributed by atoms with Crippen LogP contribution in [0.5, 0.6) is 5.75 Å². The number of aliphatic hydroxyl groups is 1. The Kier molecular flexibility index (Phi) is 6.62. The minimum atomic E-state index is -0.701. The van der Waals surface area contributed by atoms with Gasteiger partial charge in [0.15, 0.2) is 11.5 Å². The Morgan fingerprint density at radius 1 is 1.27 bits per heavy atom. The Balaban J connectivity index is 2.02. The van der Waals surface area contributed by atoms with E-state index in [0.29, 0.717) is 30.2 Å². The van der Waals surface area contributed by atoms with Crippen molar-refractivity contribution in [3.8, 4) is 5.75 Å². The van der Waals surface area contributed by atoms with Crippen LogP contribution in [-0.4, -0.2) is 55.5 Å². The maximum Gasteiger partial charge on any atom is 0.290 e. The van der Waals surface area contributed by atoms with E-state index in [1.807, 2.05) is 45.3 Å². The van der Waals surface area contributed by atoms with Crippen LogP contribution >= 0.6 is 0 Å². The largest absolute Gasteiger partial charge is 0.503 e. The number of rotatable bonds is 9. The highest BCUT2D eigenvalue weighted by Crippen LogP contribution is 2.40. The summed E-state index contributed by atoms with van der Waals surface area (Å²) < 4.78 is 11.1. The summed E-state index contributed by atoms with van der Waals surface area (Å²) in [4.78, 5) is 29.0. The van der Waals surface area contributed by atoms with Gasteiger partial charge in [0.05, 0.1) is 38.9 Å². The highest BCUT2D eigenvalue weighted by atomic mass is 16.5. The number of carbonyl (C=O) groups excluding carboxylic acids is 2. The molecule has 0 aliphatic carbocycles. The monoisotopic (exact) mass is 413 g/mol. The fraction of sp³-hybridized carbons (Fsp3) is 0.391. The average molecular weight is 413 g/mol. The lowest BCUT2D eigenvalue weighted by Crippen LogP contribution is -3.05. The fourth-order valence-electron chi connectivity index (χ4n) is 3.70. The predicted octanol–water partition coefficient (Wildman–Crippen LogP) is 2.10. The summed E-state index contributed by atoms with van der Waals surface area (Å²) in [5.41, 5.74) is 0.752. The van der Waals surface area contributed by atoms with E-state index in [1.54, 1.807) is 24.0 Å². The first-order valence-electron chi connectivity index (χ1n) is 10.2. The van der Waals surface area contributed by atoms with E-state index in [9.17, 15) is 14.7 Å². The van der Waals surface area contributed by atoms with Crippen LogP contribution in [-0.2, 0) is 4.79 Å². The van der Waals surface area contributed by atoms with Gasteiger partial charge in [-0.2, -0.15) is 0 Å². The van der Waals surface area contributed by atoms with E-state index >= 15 is 0 Å². The number of aliphatic hydroxyl groups excluding tert-OH is 1. The molecule has 2 aromatic rings. The molecule has 1 aromatic heterocycles. The summed E-state index contributed by atoms with van der Waals surface area (Å²) in [5, 5.41) is 10.7. The maximum absolute atomic E-state index is 13.2. The van der Waals surface area contributed by atoms with Crippen molar-refractivity contribution in [1.82, 2.24) is 4.90 Å². The third-order valence-electron chi connectivity index (χ3n) is 5.07. The van der Waals surface area contributed by atoms with Crippen molar-refractivity contribution in [3.63, 3.8) is 0 Å². The van der Waals surface area contributed by atoms with Crippen molar-refractivity contribution in [2.75, 3.05) is 33.8 Å². The number of benzene rings is 1. The number of furan rings is 1. The van der Waals surface area contributed by atoms with Crippen molar-refractivity contribution >= 4 is 11.7 Å². The summed E-state index contributed by atoms with van der Waals surface area (Å²) in [5.74, 6) is -0.204. The molecule has 0 spiro atoms. The number of quaternary nitrogens is 1. The second kappa shape index (κ2) is 9.17. The molecule has 0 fully saturated rings. The molecule has 0 saturated carbocycles. The maximum atomic E-state index is 13.2. The molecule has 3 rings (SSSR count). The van der Waals surface area contributed by atoms with Crippen LogP contribution in [0.1, 0.15) is 41.3 Å². The molecule has 2 heterocycles. The van der Waals surface area contributed by atoms with E-state index in [0.717, 1.165) is 13.0 Å². The van der Waals surface area contributed by atoms with E-state index in [4.69, 9.17) is 9.15 Å². The SMILES string of the molecule is CCOc1cccc([C@H]2C(C(=O)c3ccc(C)o3)=C(O)C(=O)N2CCC[NH+](C)C)c1. The highest BCUT2D eigenvalue weighted by Gasteiger charge is 2.44. The first-order valence-corrected chi connectivity index (χ1v) is 10.2. The molecule has 2 N–H and O–H groups in total. The molecule has 30 heavy (non-hydrogen) atoms. The molecule has 1 aliphatic heterocycles. The second-order valence-corrected chi connectivity index (χ2v) is 7.72. The standard InChI is InChI=1S/C23H28N2O5/c1-5-29-17-9-6-8-16(14-17)20-19(21(26)18-11-10-15(2)30-18)22(27)23(28)25(20)13-7-12-24(3)4/h6,8-11,14,20,27H,5,7,12-13H2,1-4H3/p+1/t20-/m0/s1. The van der Waals surface area contributed by atoms with Crippen molar-refractivity contribution in [2.24, 2.45) is 0 Å². The lowest BCUT2D eigenvalue weighted by molar-refractivity contribution is -0.858. The van der Waals surface area contributed by atoms with Gasteiger partial charge in [0.25, 0.3) is 5.91 Å². The van der Waals surface area contributed by atoms with Crippen LogP contribution in [0, 0.1) is 6.92 Å². The van der Waals surface area contributed by atoms with Crippen LogP contribution in [0.3, 0.4) is 0 Å². The summed E-state index contributed by atoms with van der Waals surface area (Å²) in [6.45, 7) is 5.41. The molecule has 7 heteroatoms. The molecule has 160 valence electrons.